The molecule has 88 valence electrons. The maximum Gasteiger partial charge on any atom is 0.338 e. The maximum absolute atomic E-state index is 11.9. The Bertz CT molecular complexity index is 269. The lowest BCUT2D eigenvalue weighted by Crippen LogP contribution is -2.07. The first kappa shape index (κ1) is 14.6. The Morgan fingerprint density at radius 1 is 1.20 bits per heavy atom. The molecular formula is C10H19O4P. The van der Waals surface area contributed by atoms with E-state index in [1.807, 2.05) is 13.8 Å². The quantitative estimate of drug-likeness (QED) is 0.502. The smallest absolute Gasteiger partial charge is 0.309 e. The van der Waals surface area contributed by atoms with Crippen LogP contribution in [0.15, 0.2) is 11.6 Å². The zero-order valence-corrected chi connectivity index (χ0v) is 10.7. The van der Waals surface area contributed by atoms with Crippen molar-refractivity contribution in [3.05, 3.63) is 11.6 Å². The van der Waals surface area contributed by atoms with Crippen molar-refractivity contribution in [2.75, 3.05) is 19.4 Å². The molecule has 0 aromatic rings. The lowest BCUT2D eigenvalue weighted by atomic mass is 10.3. The van der Waals surface area contributed by atoms with Crippen LogP contribution in [-0.2, 0) is 18.4 Å². The van der Waals surface area contributed by atoms with Gasteiger partial charge in [0, 0.05) is 0 Å². The Hall–Kier alpha value is -0.440. The second-order valence-electron chi connectivity index (χ2n) is 3.29. The van der Waals surface area contributed by atoms with E-state index in [9.17, 15) is 9.36 Å². The van der Waals surface area contributed by atoms with Crippen molar-refractivity contribution in [2.45, 2.75) is 27.7 Å². The molecule has 5 heteroatoms. The lowest BCUT2D eigenvalue weighted by Gasteiger charge is -2.15. The molecule has 0 atom stereocenters. The summed E-state index contributed by atoms with van der Waals surface area (Å²) in [7, 11) is -3.23. The maximum atomic E-state index is 11.9. The Labute approximate surface area is 91.2 Å². The summed E-state index contributed by atoms with van der Waals surface area (Å²) in [6, 6.07) is 0. The van der Waals surface area contributed by atoms with E-state index in [0.29, 0.717) is 0 Å². The number of allylic oxidation sites excluding steroid dienone is 2. The molecular weight excluding hydrogens is 215 g/mol. The predicted molar refractivity (Wildman–Crippen MR) is 60.2 cm³/mol. The van der Waals surface area contributed by atoms with Gasteiger partial charge in [-0.2, -0.15) is 0 Å². The minimum atomic E-state index is -3.23. The average Bonchev–Trinajstić information content (AvgIpc) is 2.01. The summed E-state index contributed by atoms with van der Waals surface area (Å²) >= 11 is 0. The van der Waals surface area contributed by atoms with Gasteiger partial charge in [-0.25, -0.2) is 0 Å². The van der Waals surface area contributed by atoms with E-state index < -0.39 is 7.60 Å². The summed E-state index contributed by atoms with van der Waals surface area (Å²) in [5.74, 6) is -0.222. The van der Waals surface area contributed by atoms with Crippen molar-refractivity contribution in [1.29, 1.82) is 0 Å². The summed E-state index contributed by atoms with van der Waals surface area (Å²) < 4.78 is 21.9. The molecule has 0 aromatic heterocycles. The molecule has 0 N–H and O–H groups in total. The Balaban J connectivity index is 4.48. The van der Waals surface area contributed by atoms with Gasteiger partial charge >= 0.3 is 7.60 Å². The van der Waals surface area contributed by atoms with Crippen molar-refractivity contribution < 1.29 is 18.4 Å². The van der Waals surface area contributed by atoms with Gasteiger partial charge in [-0.05, 0) is 33.8 Å². The molecule has 4 nitrogen and oxygen atoms in total. The van der Waals surface area contributed by atoms with Crippen LogP contribution in [0.5, 0.6) is 0 Å². The second-order valence-corrected chi connectivity index (χ2v) is 5.35. The second kappa shape index (κ2) is 6.94. The van der Waals surface area contributed by atoms with Crippen LogP contribution >= 0.6 is 7.60 Å². The van der Waals surface area contributed by atoms with Crippen molar-refractivity contribution >= 4 is 13.4 Å². The highest BCUT2D eigenvalue weighted by Gasteiger charge is 2.26. The first-order valence-corrected chi connectivity index (χ1v) is 6.72. The Morgan fingerprint density at radius 3 is 2.00 bits per heavy atom. The Morgan fingerprint density at radius 2 is 1.67 bits per heavy atom. The molecule has 0 aliphatic carbocycles. The lowest BCUT2D eigenvalue weighted by molar-refractivity contribution is -0.112. The standard InChI is InChI=1S/C10H19O4P/c1-5-13-15(12,14-6-2)8-10(11)7-9(3)4/h7H,5-6,8H2,1-4H3. The molecule has 0 radical (unpaired) electrons. The number of rotatable bonds is 7. The summed E-state index contributed by atoms with van der Waals surface area (Å²) in [6.45, 7) is 7.61. The molecule has 0 rings (SSSR count). The van der Waals surface area contributed by atoms with Gasteiger partial charge in [0.05, 0.1) is 13.2 Å². The van der Waals surface area contributed by atoms with Crippen LogP contribution in [0.2, 0.25) is 0 Å². The predicted octanol–water partition coefficient (Wildman–Crippen LogP) is 2.79. The topological polar surface area (TPSA) is 52.6 Å². The van der Waals surface area contributed by atoms with Gasteiger partial charge < -0.3 is 9.05 Å². The van der Waals surface area contributed by atoms with Crippen LogP contribution in [0.25, 0.3) is 0 Å². The van der Waals surface area contributed by atoms with Gasteiger partial charge in [-0.3, -0.25) is 9.36 Å². The van der Waals surface area contributed by atoms with Gasteiger partial charge in [0.15, 0.2) is 5.78 Å². The number of carbonyl (C=O) groups is 1. The van der Waals surface area contributed by atoms with Gasteiger partial charge in [0.2, 0.25) is 0 Å². The highest BCUT2D eigenvalue weighted by molar-refractivity contribution is 7.54. The number of carbonyl (C=O) groups excluding carboxylic acids is 1. The third-order valence-electron chi connectivity index (χ3n) is 1.45. The van der Waals surface area contributed by atoms with E-state index >= 15 is 0 Å². The van der Waals surface area contributed by atoms with Crippen molar-refractivity contribution in [3.8, 4) is 0 Å². The van der Waals surface area contributed by atoms with E-state index in [0.717, 1.165) is 5.57 Å². The SMILES string of the molecule is CCOP(=O)(CC(=O)C=C(C)C)OCC. The van der Waals surface area contributed by atoms with E-state index in [1.165, 1.54) is 6.08 Å². The van der Waals surface area contributed by atoms with E-state index in [-0.39, 0.29) is 25.2 Å². The number of hydrogen-bond acceptors (Lipinski definition) is 4. The van der Waals surface area contributed by atoms with Gasteiger partial charge in [0.25, 0.3) is 0 Å². The fourth-order valence-electron chi connectivity index (χ4n) is 1.08. The molecule has 0 amide bonds. The highest BCUT2D eigenvalue weighted by atomic mass is 31.2. The van der Waals surface area contributed by atoms with Crippen LogP contribution in [0.3, 0.4) is 0 Å². The zero-order valence-electron chi connectivity index (χ0n) is 9.78. The zero-order chi connectivity index (χ0) is 11.9. The summed E-state index contributed by atoms with van der Waals surface area (Å²) in [5.41, 5.74) is 0.875. The minimum absolute atomic E-state index is 0.181. The first-order valence-electron chi connectivity index (χ1n) is 4.99. The number of ketones is 1. The normalized spacial score (nSPS) is 11.2. The molecule has 0 aliphatic heterocycles. The van der Waals surface area contributed by atoms with Gasteiger partial charge in [-0.15, -0.1) is 0 Å². The summed E-state index contributed by atoms with van der Waals surface area (Å²) in [5, 5.41) is 0. The van der Waals surface area contributed by atoms with Crippen molar-refractivity contribution in [2.24, 2.45) is 0 Å². The van der Waals surface area contributed by atoms with Gasteiger partial charge in [0.1, 0.15) is 6.16 Å². The van der Waals surface area contributed by atoms with Crippen molar-refractivity contribution in [1.82, 2.24) is 0 Å². The highest BCUT2D eigenvalue weighted by Crippen LogP contribution is 2.47. The van der Waals surface area contributed by atoms with Crippen LogP contribution < -0.4 is 0 Å². The van der Waals surface area contributed by atoms with E-state index in [2.05, 4.69) is 0 Å². The fraction of sp³-hybridized carbons (Fsp3) is 0.700. The average molecular weight is 234 g/mol. The summed E-state index contributed by atoms with van der Waals surface area (Å²) in [4.78, 5) is 11.4. The molecule has 0 saturated heterocycles. The minimum Gasteiger partial charge on any atom is -0.309 e. The molecule has 0 aromatic carbocycles. The summed E-state index contributed by atoms with van der Waals surface area (Å²) in [6.07, 6.45) is 1.27. The fourth-order valence-corrected chi connectivity index (χ4v) is 2.60. The molecule has 0 unspecified atom stereocenters. The third-order valence-corrected chi connectivity index (χ3v) is 3.45. The molecule has 0 fully saturated rings. The van der Waals surface area contributed by atoms with Gasteiger partial charge in [-0.1, -0.05) is 5.57 Å². The van der Waals surface area contributed by atoms with E-state index in [4.69, 9.17) is 9.05 Å². The molecule has 0 saturated carbocycles. The third kappa shape index (κ3) is 6.61. The molecule has 0 spiro atoms. The first-order chi connectivity index (χ1) is 6.93. The van der Waals surface area contributed by atoms with E-state index in [1.54, 1.807) is 13.8 Å². The molecule has 0 heterocycles. The molecule has 0 aliphatic rings. The molecule has 0 bridgehead atoms. The van der Waals surface area contributed by atoms with Crippen LogP contribution in [-0.4, -0.2) is 25.2 Å². The molecule has 15 heavy (non-hydrogen) atoms. The van der Waals surface area contributed by atoms with Crippen LogP contribution in [0, 0.1) is 0 Å². The van der Waals surface area contributed by atoms with Crippen LogP contribution in [0.4, 0.5) is 0 Å². The van der Waals surface area contributed by atoms with Crippen molar-refractivity contribution in [3.63, 3.8) is 0 Å². The largest absolute Gasteiger partial charge is 0.338 e. The monoisotopic (exact) mass is 234 g/mol. The number of hydrogen-bond donors (Lipinski definition) is 0. The Kier molecular flexibility index (Phi) is 6.73. The van der Waals surface area contributed by atoms with Crippen LogP contribution in [0.1, 0.15) is 27.7 Å².